The van der Waals surface area contributed by atoms with E-state index in [9.17, 15) is 4.79 Å². The molecule has 0 aliphatic rings. The third-order valence-corrected chi connectivity index (χ3v) is 1.82. The number of nitrogens with one attached hydrogen (secondary N) is 1. The topological polar surface area (TPSA) is 29.1 Å². The van der Waals surface area contributed by atoms with E-state index < -0.39 is 0 Å². The summed E-state index contributed by atoms with van der Waals surface area (Å²) < 4.78 is 0. The van der Waals surface area contributed by atoms with Crippen LogP contribution in [0.1, 0.15) is 25.8 Å². The summed E-state index contributed by atoms with van der Waals surface area (Å²) in [6.45, 7) is 3.81. The second kappa shape index (κ2) is 4.65. The third kappa shape index (κ3) is 2.90. The average molecular weight is 176 g/mol. The minimum Gasteiger partial charge on any atom is -0.326 e. The van der Waals surface area contributed by atoms with Crippen LogP contribution in [-0.4, -0.2) is 5.91 Å². The normalized spacial score (nSPS) is 9.69. The Hall–Kier alpha value is -1.31. The van der Waals surface area contributed by atoms with Crippen LogP contribution in [0.3, 0.4) is 0 Å². The van der Waals surface area contributed by atoms with Crippen molar-refractivity contribution in [1.82, 2.24) is 0 Å². The molecule has 1 radical (unpaired) electrons. The lowest BCUT2D eigenvalue weighted by atomic mass is 10.1. The second-order valence-corrected chi connectivity index (χ2v) is 2.82. The Morgan fingerprint density at radius 1 is 1.54 bits per heavy atom. The highest BCUT2D eigenvalue weighted by molar-refractivity contribution is 5.90. The average Bonchev–Trinajstić information content (AvgIpc) is 2.18. The standard InChI is InChI=1S/C11H14NO/c1-3-9-6-5-7-10(8-9)12-11(13)4-2/h3,5-8H,4H2,1-2H3,(H,12,13). The maximum Gasteiger partial charge on any atom is 0.224 e. The van der Waals surface area contributed by atoms with Gasteiger partial charge >= 0.3 is 0 Å². The highest BCUT2D eigenvalue weighted by Gasteiger charge is 1.98. The summed E-state index contributed by atoms with van der Waals surface area (Å²) in [5.41, 5.74) is 1.98. The van der Waals surface area contributed by atoms with Crippen LogP contribution in [0.25, 0.3) is 0 Å². The number of benzene rings is 1. The molecule has 69 valence electrons. The van der Waals surface area contributed by atoms with Crippen molar-refractivity contribution in [3.8, 4) is 0 Å². The highest BCUT2D eigenvalue weighted by atomic mass is 16.1. The van der Waals surface area contributed by atoms with E-state index in [0.29, 0.717) is 6.42 Å². The van der Waals surface area contributed by atoms with Crippen LogP contribution in [-0.2, 0) is 4.79 Å². The van der Waals surface area contributed by atoms with E-state index >= 15 is 0 Å². The van der Waals surface area contributed by atoms with Crippen molar-refractivity contribution in [1.29, 1.82) is 0 Å². The zero-order valence-corrected chi connectivity index (χ0v) is 8.00. The molecule has 2 nitrogen and oxygen atoms in total. The molecule has 0 aliphatic carbocycles. The summed E-state index contributed by atoms with van der Waals surface area (Å²) in [5, 5.41) is 2.81. The summed E-state index contributed by atoms with van der Waals surface area (Å²) in [6.07, 6.45) is 2.52. The zero-order valence-electron chi connectivity index (χ0n) is 8.00. The van der Waals surface area contributed by atoms with E-state index in [1.54, 1.807) is 0 Å². The van der Waals surface area contributed by atoms with Crippen molar-refractivity contribution < 1.29 is 4.79 Å². The SMILES string of the molecule is C[CH]c1cccc(NC(=O)CC)c1. The molecule has 0 atom stereocenters. The predicted octanol–water partition coefficient (Wildman–Crippen LogP) is 2.61. The van der Waals surface area contributed by atoms with Crippen molar-refractivity contribution in [2.24, 2.45) is 0 Å². The Balaban J connectivity index is 2.71. The van der Waals surface area contributed by atoms with Gasteiger partial charge in [0.15, 0.2) is 0 Å². The number of carbonyl (C=O) groups excluding carboxylic acids is 1. The molecule has 0 bridgehead atoms. The molecule has 0 heterocycles. The smallest absolute Gasteiger partial charge is 0.224 e. The third-order valence-electron chi connectivity index (χ3n) is 1.82. The van der Waals surface area contributed by atoms with Crippen LogP contribution in [0.15, 0.2) is 24.3 Å². The second-order valence-electron chi connectivity index (χ2n) is 2.82. The number of hydrogen-bond acceptors (Lipinski definition) is 1. The quantitative estimate of drug-likeness (QED) is 0.753. The van der Waals surface area contributed by atoms with Gasteiger partial charge in [-0.05, 0) is 24.1 Å². The fourth-order valence-corrected chi connectivity index (χ4v) is 1.05. The molecule has 0 saturated heterocycles. The molecule has 1 aromatic rings. The predicted molar refractivity (Wildman–Crippen MR) is 54.4 cm³/mol. The van der Waals surface area contributed by atoms with Crippen molar-refractivity contribution in [3.05, 3.63) is 36.2 Å². The van der Waals surface area contributed by atoms with E-state index in [4.69, 9.17) is 0 Å². The van der Waals surface area contributed by atoms with Gasteiger partial charge in [0.2, 0.25) is 5.91 Å². The Bertz CT molecular complexity index is 294. The van der Waals surface area contributed by atoms with Crippen molar-refractivity contribution >= 4 is 11.6 Å². The van der Waals surface area contributed by atoms with Crippen molar-refractivity contribution in [2.45, 2.75) is 20.3 Å². The number of amides is 1. The lowest BCUT2D eigenvalue weighted by molar-refractivity contribution is -0.115. The molecule has 1 amide bonds. The summed E-state index contributed by atoms with van der Waals surface area (Å²) in [7, 11) is 0. The minimum absolute atomic E-state index is 0.0493. The first-order valence-corrected chi connectivity index (χ1v) is 4.45. The lowest BCUT2D eigenvalue weighted by Gasteiger charge is -2.04. The molecule has 0 aromatic heterocycles. The molecule has 0 unspecified atom stereocenters. The van der Waals surface area contributed by atoms with Crippen molar-refractivity contribution in [2.75, 3.05) is 5.32 Å². The van der Waals surface area contributed by atoms with Gasteiger partial charge in [0, 0.05) is 12.1 Å². The fraction of sp³-hybridized carbons (Fsp3) is 0.273. The van der Waals surface area contributed by atoms with Crippen LogP contribution in [0.4, 0.5) is 5.69 Å². The molecular weight excluding hydrogens is 162 g/mol. The Morgan fingerprint density at radius 3 is 2.92 bits per heavy atom. The maximum atomic E-state index is 11.1. The van der Waals surface area contributed by atoms with E-state index in [-0.39, 0.29) is 5.91 Å². The van der Waals surface area contributed by atoms with Crippen molar-refractivity contribution in [3.63, 3.8) is 0 Å². The molecule has 0 aliphatic heterocycles. The van der Waals surface area contributed by atoms with Gasteiger partial charge < -0.3 is 5.32 Å². The number of hydrogen-bond donors (Lipinski definition) is 1. The first kappa shape index (κ1) is 9.78. The van der Waals surface area contributed by atoms with Gasteiger partial charge in [-0.3, -0.25) is 4.79 Å². The van der Waals surface area contributed by atoms with Crippen LogP contribution in [0.2, 0.25) is 0 Å². The Morgan fingerprint density at radius 2 is 2.31 bits per heavy atom. The van der Waals surface area contributed by atoms with Crippen LogP contribution < -0.4 is 5.32 Å². The lowest BCUT2D eigenvalue weighted by Crippen LogP contribution is -2.09. The first-order chi connectivity index (χ1) is 6.26. The minimum atomic E-state index is 0.0493. The van der Waals surface area contributed by atoms with E-state index in [0.717, 1.165) is 11.3 Å². The number of rotatable bonds is 3. The van der Waals surface area contributed by atoms with Gasteiger partial charge in [-0.25, -0.2) is 0 Å². The number of carbonyl (C=O) groups is 1. The fourth-order valence-electron chi connectivity index (χ4n) is 1.05. The largest absolute Gasteiger partial charge is 0.326 e. The summed E-state index contributed by atoms with van der Waals surface area (Å²) >= 11 is 0. The van der Waals surface area contributed by atoms with Crippen LogP contribution >= 0.6 is 0 Å². The summed E-state index contributed by atoms with van der Waals surface area (Å²) in [6, 6.07) is 7.77. The molecule has 1 rings (SSSR count). The molecule has 2 heteroatoms. The van der Waals surface area contributed by atoms with Gasteiger partial charge in [-0.15, -0.1) is 0 Å². The molecule has 0 fully saturated rings. The van der Waals surface area contributed by atoms with Crippen LogP contribution in [0, 0.1) is 6.42 Å². The molecule has 0 saturated carbocycles. The molecule has 13 heavy (non-hydrogen) atoms. The monoisotopic (exact) mass is 176 g/mol. The molecule has 1 aromatic carbocycles. The molecular formula is C11H14NO. The first-order valence-electron chi connectivity index (χ1n) is 4.45. The molecule has 1 N–H and O–H groups in total. The van der Waals surface area contributed by atoms with Gasteiger partial charge in [-0.2, -0.15) is 0 Å². The molecule has 0 spiro atoms. The van der Waals surface area contributed by atoms with Gasteiger partial charge in [0.1, 0.15) is 0 Å². The Kier molecular flexibility index (Phi) is 3.50. The summed E-state index contributed by atoms with van der Waals surface area (Å²) in [5.74, 6) is 0.0493. The Labute approximate surface area is 79.0 Å². The zero-order chi connectivity index (χ0) is 9.68. The summed E-state index contributed by atoms with van der Waals surface area (Å²) in [4.78, 5) is 11.1. The van der Waals surface area contributed by atoms with Crippen LogP contribution in [0.5, 0.6) is 0 Å². The van der Waals surface area contributed by atoms with E-state index in [1.807, 2.05) is 44.5 Å². The number of anilines is 1. The van der Waals surface area contributed by atoms with Gasteiger partial charge in [-0.1, -0.05) is 26.0 Å². The van der Waals surface area contributed by atoms with Gasteiger partial charge in [0.25, 0.3) is 0 Å². The highest BCUT2D eigenvalue weighted by Crippen LogP contribution is 2.11. The van der Waals surface area contributed by atoms with E-state index in [1.165, 1.54) is 0 Å². The maximum absolute atomic E-state index is 11.1. The van der Waals surface area contributed by atoms with E-state index in [2.05, 4.69) is 5.32 Å². The van der Waals surface area contributed by atoms with Gasteiger partial charge in [0.05, 0.1) is 0 Å².